The first kappa shape index (κ1) is 42.7. The predicted molar refractivity (Wildman–Crippen MR) is 231 cm³/mol. The molecule has 0 bridgehead atoms. The average molecular weight is 855 g/mol. The smallest absolute Gasteiger partial charge is 0.345 e. The maximum atomic E-state index is 14.1. The highest BCUT2D eigenvalue weighted by Gasteiger charge is 2.31. The maximum absolute atomic E-state index is 14.1. The third-order valence-electron chi connectivity index (χ3n) is 11.1. The Balaban J connectivity index is 1.14. The summed E-state index contributed by atoms with van der Waals surface area (Å²) in [5.74, 6) is 0.337. The Labute approximate surface area is 358 Å². The van der Waals surface area contributed by atoms with E-state index in [9.17, 15) is 14.3 Å². The highest BCUT2D eigenvalue weighted by Crippen LogP contribution is 2.48. The molecular formula is C45H48ClFN6O6S. The van der Waals surface area contributed by atoms with Gasteiger partial charge in [0.1, 0.15) is 36.3 Å². The number of benzene rings is 2. The van der Waals surface area contributed by atoms with Crippen LogP contribution in [-0.4, -0.2) is 99.8 Å². The number of hydrogen-bond donors (Lipinski definition) is 1. The molecular weight excluding hydrogens is 807 g/mol. The minimum atomic E-state index is -1.37. The van der Waals surface area contributed by atoms with Gasteiger partial charge in [-0.3, -0.25) is 9.88 Å². The molecule has 3 aromatic heterocycles. The second-order valence-corrected chi connectivity index (χ2v) is 16.1. The van der Waals surface area contributed by atoms with Gasteiger partial charge in [-0.05, 0) is 91.5 Å². The number of rotatable bonds is 18. The standard InChI is InChI=1S/C45H48ClFN6O6S/c1-6-28(34(7-2)58-26-31-15-16-48-43(50-31)33-24-30(47)11-13-35(33)56-5)23-37(45(54)55)59-44-40-38(60-51-44)25-49-42(29-9-8-10-29)39(40)32-12-14-36(41(46)27(32)3)57-22-21-53-19-17-52(4)18-20-53/h6-7,11-16,24-25,29,37H,1-2,8-10,17-23,26H2,3-5H3,(H,54,55)/b34-28-. The van der Waals surface area contributed by atoms with Gasteiger partial charge in [-0.2, -0.15) is 4.37 Å². The Morgan fingerprint density at radius 1 is 1.08 bits per heavy atom. The molecule has 1 atom stereocenters. The van der Waals surface area contributed by atoms with E-state index in [1.807, 2.05) is 19.1 Å². The summed E-state index contributed by atoms with van der Waals surface area (Å²) in [6, 6.07) is 9.67. The quantitative estimate of drug-likeness (QED) is 0.0667. The summed E-state index contributed by atoms with van der Waals surface area (Å²) < 4.78 is 43.6. The number of aliphatic carboxylic acids is 1. The summed E-state index contributed by atoms with van der Waals surface area (Å²) in [5, 5.41) is 11.7. The van der Waals surface area contributed by atoms with Crippen LogP contribution in [0.5, 0.6) is 17.4 Å². The van der Waals surface area contributed by atoms with Crippen LogP contribution in [0.1, 0.15) is 48.6 Å². The lowest BCUT2D eigenvalue weighted by molar-refractivity contribution is -0.145. The average Bonchev–Trinajstić information content (AvgIpc) is 3.64. The van der Waals surface area contributed by atoms with Crippen molar-refractivity contribution in [2.24, 2.45) is 0 Å². The molecule has 15 heteroatoms. The van der Waals surface area contributed by atoms with E-state index in [1.54, 1.807) is 12.3 Å². The van der Waals surface area contributed by atoms with E-state index < -0.39 is 17.9 Å². The van der Waals surface area contributed by atoms with Gasteiger partial charge in [-0.1, -0.05) is 43.3 Å². The van der Waals surface area contributed by atoms with Gasteiger partial charge in [-0.15, -0.1) is 0 Å². The maximum Gasteiger partial charge on any atom is 0.345 e. The van der Waals surface area contributed by atoms with Crippen molar-refractivity contribution < 1.29 is 33.2 Å². The SMILES string of the molecule is C=C/C(CC(Oc1nsc2cnc(C3CCC3)c(-c3ccc(OCCN4CCN(C)CC4)c(Cl)c3C)c12)C(=O)O)=C(\C=C)OCc1ccnc(-c2cc(F)ccc2OC)n1. The number of likely N-dealkylation sites (N-methyl/N-ethyl adjacent to an activating group) is 1. The number of carbonyl (C=O) groups is 1. The molecule has 1 aliphatic heterocycles. The van der Waals surface area contributed by atoms with Crippen LogP contribution < -0.4 is 14.2 Å². The molecule has 1 saturated carbocycles. The summed E-state index contributed by atoms with van der Waals surface area (Å²) in [6.07, 6.45) is 7.92. The predicted octanol–water partition coefficient (Wildman–Crippen LogP) is 8.88. The number of methoxy groups -OCH3 is 1. The van der Waals surface area contributed by atoms with Crippen molar-refractivity contribution >= 4 is 39.2 Å². The van der Waals surface area contributed by atoms with Crippen LogP contribution in [0.15, 0.2) is 85.4 Å². The molecule has 1 unspecified atom stereocenters. The fraction of sp³-hybridized carbons (Fsp3) is 0.356. The number of carboxylic acids is 1. The summed E-state index contributed by atoms with van der Waals surface area (Å²) in [5.41, 5.74) is 4.75. The molecule has 12 nitrogen and oxygen atoms in total. The fourth-order valence-corrected chi connectivity index (χ4v) is 8.28. The van der Waals surface area contributed by atoms with Gasteiger partial charge in [-0.25, -0.2) is 19.2 Å². The number of ether oxygens (including phenoxy) is 4. The zero-order chi connectivity index (χ0) is 42.3. The first-order chi connectivity index (χ1) is 29.1. The fourth-order valence-electron chi connectivity index (χ4n) is 7.36. The molecule has 2 aliphatic rings. The van der Waals surface area contributed by atoms with E-state index in [4.69, 9.17) is 35.5 Å². The third-order valence-corrected chi connectivity index (χ3v) is 12.3. The Kier molecular flexibility index (Phi) is 13.8. The van der Waals surface area contributed by atoms with E-state index in [2.05, 4.69) is 44.3 Å². The van der Waals surface area contributed by atoms with Crippen molar-refractivity contribution in [1.82, 2.24) is 29.1 Å². The lowest BCUT2D eigenvalue weighted by atomic mass is 9.79. The lowest BCUT2D eigenvalue weighted by Crippen LogP contribution is -2.45. The van der Waals surface area contributed by atoms with E-state index in [1.165, 1.54) is 55.2 Å². The van der Waals surface area contributed by atoms with E-state index in [0.29, 0.717) is 51.1 Å². The van der Waals surface area contributed by atoms with Gasteiger partial charge in [0.05, 0.1) is 39.2 Å². The summed E-state index contributed by atoms with van der Waals surface area (Å²) >= 11 is 8.24. The molecule has 2 fully saturated rings. The van der Waals surface area contributed by atoms with Crippen LogP contribution in [0.4, 0.5) is 4.39 Å². The van der Waals surface area contributed by atoms with Crippen LogP contribution in [0.2, 0.25) is 5.02 Å². The normalized spacial score (nSPS) is 15.8. The number of allylic oxidation sites excluding steroid dienone is 2. The van der Waals surface area contributed by atoms with Crippen molar-refractivity contribution in [3.8, 4) is 39.9 Å². The second kappa shape index (κ2) is 19.3. The zero-order valence-electron chi connectivity index (χ0n) is 34.0. The molecule has 1 saturated heterocycles. The first-order valence-corrected chi connectivity index (χ1v) is 21.0. The minimum Gasteiger partial charge on any atom is -0.496 e. The van der Waals surface area contributed by atoms with Gasteiger partial charge in [0.2, 0.25) is 12.0 Å². The molecule has 1 N–H and O–H groups in total. The highest BCUT2D eigenvalue weighted by atomic mass is 35.5. The van der Waals surface area contributed by atoms with Gasteiger partial charge < -0.3 is 29.0 Å². The van der Waals surface area contributed by atoms with Gasteiger partial charge in [0.25, 0.3) is 0 Å². The number of hydrogen-bond acceptors (Lipinski definition) is 12. The van der Waals surface area contributed by atoms with Gasteiger partial charge >= 0.3 is 5.97 Å². The molecule has 60 heavy (non-hydrogen) atoms. The number of piperazine rings is 1. The van der Waals surface area contributed by atoms with E-state index >= 15 is 0 Å². The monoisotopic (exact) mass is 854 g/mol. The molecule has 7 rings (SSSR count). The van der Waals surface area contributed by atoms with Gasteiger partial charge in [0, 0.05) is 63.0 Å². The van der Waals surface area contributed by atoms with Crippen LogP contribution >= 0.6 is 23.1 Å². The van der Waals surface area contributed by atoms with Gasteiger partial charge in [0.15, 0.2) is 5.82 Å². The highest BCUT2D eigenvalue weighted by molar-refractivity contribution is 7.13. The van der Waals surface area contributed by atoms with E-state index in [-0.39, 0.29) is 30.7 Å². The van der Waals surface area contributed by atoms with Crippen LogP contribution in [-0.2, 0) is 16.1 Å². The Bertz CT molecular complexity index is 2410. The molecule has 0 amide bonds. The van der Waals surface area contributed by atoms with Crippen molar-refractivity contribution in [3.05, 3.63) is 113 Å². The van der Waals surface area contributed by atoms with Crippen LogP contribution in [0, 0.1) is 12.7 Å². The van der Waals surface area contributed by atoms with Crippen molar-refractivity contribution in [1.29, 1.82) is 0 Å². The van der Waals surface area contributed by atoms with Crippen LogP contribution in [0.3, 0.4) is 0 Å². The number of halogens is 2. The number of aromatic nitrogens is 4. The minimum absolute atomic E-state index is 0.0243. The molecule has 5 aromatic rings. The number of carboxylic acid groups (broad SMARTS) is 1. The zero-order valence-corrected chi connectivity index (χ0v) is 35.5. The van der Waals surface area contributed by atoms with Crippen molar-refractivity contribution in [2.45, 2.75) is 51.2 Å². The molecule has 314 valence electrons. The van der Waals surface area contributed by atoms with Crippen LogP contribution in [0.25, 0.3) is 32.6 Å². The first-order valence-electron chi connectivity index (χ1n) is 19.9. The molecule has 0 radical (unpaired) electrons. The van der Waals surface area contributed by atoms with E-state index in [0.717, 1.165) is 79.1 Å². The third kappa shape index (κ3) is 9.47. The Hall–Kier alpha value is -5.41. The molecule has 4 heterocycles. The van der Waals surface area contributed by atoms with Crippen molar-refractivity contribution in [3.63, 3.8) is 0 Å². The topological polar surface area (TPSA) is 132 Å². The molecule has 0 spiro atoms. The van der Waals surface area contributed by atoms with Crippen molar-refractivity contribution in [2.75, 3.05) is 53.5 Å². The number of nitrogens with zero attached hydrogens (tertiary/aromatic N) is 6. The number of pyridine rings is 1. The number of fused-ring (bicyclic) bond motifs is 1. The summed E-state index contributed by atoms with van der Waals surface area (Å²) in [7, 11) is 3.62. The Morgan fingerprint density at radius 2 is 1.87 bits per heavy atom. The summed E-state index contributed by atoms with van der Waals surface area (Å²) in [6.45, 7) is 15.2. The molecule has 2 aromatic carbocycles. The Morgan fingerprint density at radius 3 is 2.57 bits per heavy atom. The summed E-state index contributed by atoms with van der Waals surface area (Å²) in [4.78, 5) is 31.4. The molecule has 1 aliphatic carbocycles. The lowest BCUT2D eigenvalue weighted by Gasteiger charge is -2.32. The second-order valence-electron chi connectivity index (χ2n) is 14.9. The largest absolute Gasteiger partial charge is 0.496 e.